The molecule has 0 bridgehead atoms. The summed E-state index contributed by atoms with van der Waals surface area (Å²) in [6.07, 6.45) is 1.64. The molecule has 106 valence electrons. The van der Waals surface area contributed by atoms with Gasteiger partial charge in [-0.15, -0.1) is 0 Å². The van der Waals surface area contributed by atoms with Crippen LogP contribution in [0.2, 0.25) is 0 Å². The minimum atomic E-state index is -0.0584. The van der Waals surface area contributed by atoms with Gasteiger partial charge in [0, 0.05) is 26.7 Å². The Bertz CT molecular complexity index is 591. The Labute approximate surface area is 118 Å². The van der Waals surface area contributed by atoms with E-state index in [-0.39, 0.29) is 5.91 Å². The van der Waals surface area contributed by atoms with Crippen molar-refractivity contribution in [1.82, 2.24) is 4.90 Å². The number of nitrogens with zero attached hydrogens (tertiary/aromatic N) is 2. The first-order valence-corrected chi connectivity index (χ1v) is 6.33. The summed E-state index contributed by atoms with van der Waals surface area (Å²) in [5.41, 5.74) is 8.08. The highest BCUT2D eigenvalue weighted by molar-refractivity contribution is 5.95. The molecule has 0 spiro atoms. The molecule has 2 N–H and O–H groups in total. The van der Waals surface area contributed by atoms with Gasteiger partial charge in [-0.2, -0.15) is 0 Å². The summed E-state index contributed by atoms with van der Waals surface area (Å²) < 4.78 is 5.32. The largest absolute Gasteiger partial charge is 0.467 e. The molecule has 0 atom stereocenters. The third-order valence-corrected chi connectivity index (χ3v) is 3.07. The number of nitrogens with two attached hydrogens (primary N) is 1. The molecule has 0 saturated heterocycles. The number of amides is 1. The van der Waals surface area contributed by atoms with Crippen LogP contribution in [-0.2, 0) is 6.54 Å². The van der Waals surface area contributed by atoms with Crippen LogP contribution in [0, 0.1) is 0 Å². The summed E-state index contributed by atoms with van der Waals surface area (Å²) >= 11 is 0. The maximum absolute atomic E-state index is 11.9. The zero-order valence-electron chi connectivity index (χ0n) is 12.0. The minimum absolute atomic E-state index is 0.0584. The van der Waals surface area contributed by atoms with Crippen molar-refractivity contribution < 1.29 is 9.21 Å². The normalized spacial score (nSPS) is 10.3. The molecular weight excluding hydrogens is 254 g/mol. The lowest BCUT2D eigenvalue weighted by Gasteiger charge is -2.21. The average molecular weight is 273 g/mol. The summed E-state index contributed by atoms with van der Waals surface area (Å²) in [6.45, 7) is 0.623. The lowest BCUT2D eigenvalue weighted by Crippen LogP contribution is -2.22. The summed E-state index contributed by atoms with van der Waals surface area (Å²) in [6, 6.07) is 9.11. The van der Waals surface area contributed by atoms with E-state index in [2.05, 4.69) is 0 Å². The van der Waals surface area contributed by atoms with Crippen molar-refractivity contribution in [2.45, 2.75) is 6.54 Å². The SMILES string of the molecule is CN(C)C(=O)c1ccc(N(C)Cc2ccco2)c(N)c1. The average Bonchev–Trinajstić information content (AvgIpc) is 2.90. The van der Waals surface area contributed by atoms with Crippen molar-refractivity contribution >= 4 is 17.3 Å². The Kier molecular flexibility index (Phi) is 3.98. The molecule has 1 aromatic heterocycles. The fourth-order valence-corrected chi connectivity index (χ4v) is 2.01. The molecule has 1 amide bonds. The molecule has 0 unspecified atom stereocenters. The molecule has 2 aromatic rings. The first kappa shape index (κ1) is 14.0. The number of benzene rings is 1. The van der Waals surface area contributed by atoms with E-state index in [0.717, 1.165) is 11.4 Å². The topological polar surface area (TPSA) is 62.7 Å². The number of nitrogen functional groups attached to an aromatic ring is 1. The van der Waals surface area contributed by atoms with Gasteiger partial charge in [0.25, 0.3) is 5.91 Å². The summed E-state index contributed by atoms with van der Waals surface area (Å²) in [4.78, 5) is 15.4. The Morgan fingerprint density at radius 3 is 2.55 bits per heavy atom. The maximum atomic E-state index is 11.9. The molecule has 1 heterocycles. The van der Waals surface area contributed by atoms with E-state index < -0.39 is 0 Å². The van der Waals surface area contributed by atoms with Crippen molar-refractivity contribution in [3.63, 3.8) is 0 Å². The van der Waals surface area contributed by atoms with Gasteiger partial charge in [-0.05, 0) is 30.3 Å². The molecule has 0 fully saturated rings. The fraction of sp³-hybridized carbons (Fsp3) is 0.267. The number of rotatable bonds is 4. The van der Waals surface area contributed by atoms with Crippen LogP contribution in [0.25, 0.3) is 0 Å². The molecule has 5 heteroatoms. The van der Waals surface area contributed by atoms with E-state index in [1.165, 1.54) is 4.90 Å². The number of carbonyl (C=O) groups excluding carboxylic acids is 1. The van der Waals surface area contributed by atoms with Gasteiger partial charge in [0.05, 0.1) is 24.2 Å². The number of hydrogen-bond acceptors (Lipinski definition) is 4. The number of anilines is 2. The zero-order chi connectivity index (χ0) is 14.7. The van der Waals surface area contributed by atoms with Crippen molar-refractivity contribution in [1.29, 1.82) is 0 Å². The first-order chi connectivity index (χ1) is 9.49. The van der Waals surface area contributed by atoms with Gasteiger partial charge in [0.1, 0.15) is 5.76 Å². The minimum Gasteiger partial charge on any atom is -0.467 e. The molecule has 5 nitrogen and oxygen atoms in total. The van der Waals surface area contributed by atoms with E-state index in [1.807, 2.05) is 30.1 Å². The summed E-state index contributed by atoms with van der Waals surface area (Å²) in [5.74, 6) is 0.803. The van der Waals surface area contributed by atoms with Crippen LogP contribution in [0.1, 0.15) is 16.1 Å². The Balaban J connectivity index is 2.19. The van der Waals surface area contributed by atoms with Gasteiger partial charge < -0.3 is 20.0 Å². The molecule has 0 radical (unpaired) electrons. The zero-order valence-corrected chi connectivity index (χ0v) is 12.0. The van der Waals surface area contributed by atoms with Crippen molar-refractivity contribution in [3.05, 3.63) is 47.9 Å². The highest BCUT2D eigenvalue weighted by Crippen LogP contribution is 2.25. The predicted molar refractivity (Wildman–Crippen MR) is 79.7 cm³/mol. The number of furan rings is 1. The molecule has 2 rings (SSSR count). The summed E-state index contributed by atoms with van der Waals surface area (Å²) in [7, 11) is 5.37. The van der Waals surface area contributed by atoms with E-state index in [1.54, 1.807) is 32.5 Å². The summed E-state index contributed by atoms with van der Waals surface area (Å²) in [5, 5.41) is 0. The molecule has 0 aliphatic carbocycles. The van der Waals surface area contributed by atoms with E-state index in [9.17, 15) is 4.79 Å². The highest BCUT2D eigenvalue weighted by atomic mass is 16.3. The van der Waals surface area contributed by atoms with Crippen molar-refractivity contribution in [2.24, 2.45) is 0 Å². The highest BCUT2D eigenvalue weighted by Gasteiger charge is 2.12. The molecule has 0 aliphatic rings. The molecule has 20 heavy (non-hydrogen) atoms. The van der Waals surface area contributed by atoms with Gasteiger partial charge >= 0.3 is 0 Å². The third kappa shape index (κ3) is 2.93. The van der Waals surface area contributed by atoms with Crippen LogP contribution >= 0.6 is 0 Å². The predicted octanol–water partition coefficient (Wildman–Crippen LogP) is 2.20. The molecular formula is C15H19N3O2. The van der Waals surface area contributed by atoms with Crippen LogP contribution in [0.15, 0.2) is 41.0 Å². The molecule has 0 aliphatic heterocycles. The van der Waals surface area contributed by atoms with Crippen LogP contribution in [-0.4, -0.2) is 32.0 Å². The van der Waals surface area contributed by atoms with Crippen LogP contribution in [0.3, 0.4) is 0 Å². The second-order valence-corrected chi connectivity index (χ2v) is 4.91. The van der Waals surface area contributed by atoms with E-state index in [4.69, 9.17) is 10.2 Å². The van der Waals surface area contributed by atoms with Crippen molar-refractivity contribution in [2.75, 3.05) is 31.8 Å². The quantitative estimate of drug-likeness (QED) is 0.867. The first-order valence-electron chi connectivity index (χ1n) is 6.33. The monoisotopic (exact) mass is 273 g/mol. The number of hydrogen-bond donors (Lipinski definition) is 1. The molecule has 1 aromatic carbocycles. The van der Waals surface area contributed by atoms with E-state index in [0.29, 0.717) is 17.8 Å². The van der Waals surface area contributed by atoms with Crippen LogP contribution < -0.4 is 10.6 Å². The Morgan fingerprint density at radius 2 is 2.00 bits per heavy atom. The fourth-order valence-electron chi connectivity index (χ4n) is 2.01. The Hall–Kier alpha value is -2.43. The molecule has 0 saturated carbocycles. The lowest BCUT2D eigenvalue weighted by molar-refractivity contribution is 0.0827. The van der Waals surface area contributed by atoms with Gasteiger partial charge in [0.2, 0.25) is 0 Å². The maximum Gasteiger partial charge on any atom is 0.253 e. The second kappa shape index (κ2) is 5.69. The van der Waals surface area contributed by atoms with Crippen LogP contribution in [0.4, 0.5) is 11.4 Å². The van der Waals surface area contributed by atoms with Gasteiger partial charge in [0.15, 0.2) is 0 Å². The van der Waals surface area contributed by atoms with Crippen LogP contribution in [0.5, 0.6) is 0 Å². The standard InChI is InChI=1S/C15H19N3O2/c1-17(2)15(19)11-6-7-14(13(16)9-11)18(3)10-12-5-4-8-20-12/h4-9H,10,16H2,1-3H3. The Morgan fingerprint density at radius 1 is 1.25 bits per heavy atom. The third-order valence-electron chi connectivity index (χ3n) is 3.07. The number of carbonyl (C=O) groups is 1. The van der Waals surface area contributed by atoms with Gasteiger partial charge in [-0.1, -0.05) is 0 Å². The van der Waals surface area contributed by atoms with Crippen molar-refractivity contribution in [3.8, 4) is 0 Å². The van der Waals surface area contributed by atoms with E-state index >= 15 is 0 Å². The van der Waals surface area contributed by atoms with Gasteiger partial charge in [-0.25, -0.2) is 0 Å². The second-order valence-electron chi connectivity index (χ2n) is 4.91. The smallest absolute Gasteiger partial charge is 0.253 e. The lowest BCUT2D eigenvalue weighted by atomic mass is 10.1. The van der Waals surface area contributed by atoms with Gasteiger partial charge in [-0.3, -0.25) is 4.79 Å².